The molecule has 0 aliphatic carbocycles. The zero-order chi connectivity index (χ0) is 10.1. The number of nitrogens with zero attached hydrogens (tertiary/aromatic N) is 1. The minimum Gasteiger partial charge on any atom is -0.248 e. The molecule has 13 heavy (non-hydrogen) atoms. The van der Waals surface area contributed by atoms with Gasteiger partial charge in [0.05, 0.1) is 0 Å². The van der Waals surface area contributed by atoms with Gasteiger partial charge in [-0.3, -0.25) is 0 Å². The molecule has 0 spiro atoms. The van der Waals surface area contributed by atoms with Crippen molar-refractivity contribution in [3.05, 3.63) is 16.1 Å². The Kier molecular flexibility index (Phi) is 3.05. The summed E-state index contributed by atoms with van der Waals surface area (Å²) in [6.07, 6.45) is 1.70. The lowest BCUT2D eigenvalue weighted by atomic mass is 10.2. The number of primary sulfonamides is 1. The van der Waals surface area contributed by atoms with Crippen LogP contribution in [0, 0.1) is 0 Å². The predicted octanol–water partition coefficient (Wildman–Crippen LogP) is 1.06. The molecule has 0 aliphatic rings. The molecule has 6 heteroatoms. The first kappa shape index (κ1) is 10.6. The van der Waals surface area contributed by atoms with E-state index in [1.165, 1.54) is 11.3 Å². The van der Waals surface area contributed by atoms with Crippen LogP contribution >= 0.6 is 11.3 Å². The molecule has 1 aromatic heterocycles. The molecule has 0 saturated carbocycles. The summed E-state index contributed by atoms with van der Waals surface area (Å²) < 4.78 is 21.4. The highest BCUT2D eigenvalue weighted by atomic mass is 32.2. The number of thiazole rings is 1. The lowest BCUT2D eigenvalue weighted by molar-refractivity contribution is 0.597. The van der Waals surface area contributed by atoms with E-state index >= 15 is 0 Å². The smallest absolute Gasteiger partial charge is 0.215 e. The van der Waals surface area contributed by atoms with Crippen LogP contribution in [0.1, 0.15) is 29.7 Å². The van der Waals surface area contributed by atoms with Crippen LogP contribution in [0.4, 0.5) is 0 Å². The Balaban J connectivity index is 2.81. The van der Waals surface area contributed by atoms with E-state index in [1.54, 1.807) is 6.20 Å². The highest BCUT2D eigenvalue weighted by molar-refractivity contribution is 7.88. The highest BCUT2D eigenvalue weighted by Crippen LogP contribution is 2.22. The van der Waals surface area contributed by atoms with Crippen LogP contribution in [0.2, 0.25) is 0 Å². The average molecular weight is 220 g/mol. The second-order valence-corrected chi connectivity index (χ2v) is 5.88. The first-order valence-corrected chi connectivity index (χ1v) is 6.37. The number of hydrogen-bond donors (Lipinski definition) is 1. The molecular formula is C7H12N2O2S2. The van der Waals surface area contributed by atoms with Crippen molar-refractivity contribution in [1.29, 1.82) is 0 Å². The first-order valence-electron chi connectivity index (χ1n) is 3.83. The molecule has 1 rings (SSSR count). The third kappa shape index (κ3) is 3.41. The fraction of sp³-hybridized carbons (Fsp3) is 0.571. The molecule has 0 unspecified atom stereocenters. The van der Waals surface area contributed by atoms with Crippen molar-refractivity contribution >= 4 is 21.4 Å². The van der Waals surface area contributed by atoms with Crippen LogP contribution in [-0.2, 0) is 15.8 Å². The Morgan fingerprint density at radius 2 is 2.23 bits per heavy atom. The zero-order valence-corrected chi connectivity index (χ0v) is 9.15. The molecule has 74 valence electrons. The molecule has 1 aromatic rings. The number of rotatable bonds is 3. The van der Waals surface area contributed by atoms with Gasteiger partial charge in [-0.15, -0.1) is 11.3 Å². The van der Waals surface area contributed by atoms with Crippen molar-refractivity contribution < 1.29 is 8.42 Å². The summed E-state index contributed by atoms with van der Waals surface area (Å²) in [6, 6.07) is 0. The van der Waals surface area contributed by atoms with E-state index in [9.17, 15) is 8.42 Å². The van der Waals surface area contributed by atoms with Crippen LogP contribution in [0.25, 0.3) is 0 Å². The van der Waals surface area contributed by atoms with Crippen LogP contribution in [0.15, 0.2) is 6.20 Å². The Labute approximate surface area is 81.9 Å². The molecule has 2 N–H and O–H groups in total. The second kappa shape index (κ2) is 3.73. The van der Waals surface area contributed by atoms with Crippen LogP contribution in [0.5, 0.6) is 0 Å². The zero-order valence-electron chi connectivity index (χ0n) is 7.52. The van der Waals surface area contributed by atoms with Crippen LogP contribution < -0.4 is 5.14 Å². The van der Waals surface area contributed by atoms with Gasteiger partial charge in [-0.1, -0.05) is 13.8 Å². The van der Waals surface area contributed by atoms with Gasteiger partial charge < -0.3 is 0 Å². The fourth-order valence-electron chi connectivity index (χ4n) is 0.830. The summed E-state index contributed by atoms with van der Waals surface area (Å²) in [4.78, 5) is 5.06. The summed E-state index contributed by atoms with van der Waals surface area (Å²) in [5.41, 5.74) is 0. The largest absolute Gasteiger partial charge is 0.248 e. The molecule has 0 bridgehead atoms. The van der Waals surface area contributed by atoms with Crippen molar-refractivity contribution in [3.63, 3.8) is 0 Å². The number of aromatic nitrogens is 1. The van der Waals surface area contributed by atoms with Gasteiger partial charge in [0.2, 0.25) is 10.0 Å². The monoisotopic (exact) mass is 220 g/mol. The molecule has 0 amide bonds. The fourth-order valence-corrected chi connectivity index (χ4v) is 2.70. The summed E-state index contributed by atoms with van der Waals surface area (Å²) in [5.74, 6) is 0.219. The van der Waals surface area contributed by atoms with E-state index in [-0.39, 0.29) is 5.75 Å². The molecule has 0 saturated heterocycles. The lowest BCUT2D eigenvalue weighted by Crippen LogP contribution is -2.14. The van der Waals surface area contributed by atoms with Crippen molar-refractivity contribution in [3.8, 4) is 0 Å². The van der Waals surface area contributed by atoms with Crippen molar-refractivity contribution in [2.75, 3.05) is 0 Å². The third-order valence-corrected chi connectivity index (χ3v) is 3.62. The third-order valence-electron chi connectivity index (χ3n) is 1.47. The van der Waals surface area contributed by atoms with Crippen molar-refractivity contribution in [2.45, 2.75) is 25.5 Å². The summed E-state index contributed by atoms with van der Waals surface area (Å²) in [7, 11) is -3.44. The van der Waals surface area contributed by atoms with Crippen LogP contribution in [-0.4, -0.2) is 13.4 Å². The lowest BCUT2D eigenvalue weighted by Gasteiger charge is -1.96. The standard InChI is InChI=1S/C7H12N2O2S2/c1-5(2)6-3-9-7(12-6)4-13(8,10)11/h3,5H,4H2,1-2H3,(H2,8,10,11). The topological polar surface area (TPSA) is 73.0 Å². The van der Waals surface area contributed by atoms with Gasteiger partial charge in [0.15, 0.2) is 0 Å². The average Bonchev–Trinajstić information content (AvgIpc) is 2.31. The first-order chi connectivity index (χ1) is 5.88. The van der Waals surface area contributed by atoms with E-state index in [2.05, 4.69) is 4.98 Å². The quantitative estimate of drug-likeness (QED) is 0.827. The Hall–Kier alpha value is -0.460. The van der Waals surface area contributed by atoms with E-state index < -0.39 is 10.0 Å². The van der Waals surface area contributed by atoms with Gasteiger partial charge in [0, 0.05) is 11.1 Å². The molecule has 0 radical (unpaired) electrons. The molecule has 0 aliphatic heterocycles. The summed E-state index contributed by atoms with van der Waals surface area (Å²) >= 11 is 1.40. The van der Waals surface area contributed by atoms with Gasteiger partial charge in [0.1, 0.15) is 10.8 Å². The van der Waals surface area contributed by atoms with Crippen molar-refractivity contribution in [2.24, 2.45) is 5.14 Å². The molecule has 1 heterocycles. The van der Waals surface area contributed by atoms with Gasteiger partial charge in [0.25, 0.3) is 0 Å². The summed E-state index contributed by atoms with van der Waals surface area (Å²) in [6.45, 7) is 4.07. The minimum atomic E-state index is -3.44. The van der Waals surface area contributed by atoms with E-state index in [0.717, 1.165) is 4.88 Å². The number of sulfonamides is 1. The Morgan fingerprint density at radius 1 is 1.62 bits per heavy atom. The predicted molar refractivity (Wildman–Crippen MR) is 53.0 cm³/mol. The van der Waals surface area contributed by atoms with E-state index in [1.807, 2.05) is 13.8 Å². The number of hydrogen-bond acceptors (Lipinski definition) is 4. The van der Waals surface area contributed by atoms with E-state index in [4.69, 9.17) is 5.14 Å². The normalized spacial score (nSPS) is 12.3. The van der Waals surface area contributed by atoms with Crippen molar-refractivity contribution in [1.82, 2.24) is 4.98 Å². The molecular weight excluding hydrogens is 208 g/mol. The van der Waals surface area contributed by atoms with E-state index in [0.29, 0.717) is 10.9 Å². The maximum atomic E-state index is 10.7. The van der Waals surface area contributed by atoms with Gasteiger partial charge >= 0.3 is 0 Å². The molecule has 0 atom stereocenters. The van der Waals surface area contributed by atoms with Gasteiger partial charge in [-0.05, 0) is 5.92 Å². The Bertz CT molecular complexity index is 381. The SMILES string of the molecule is CC(C)c1cnc(CS(N)(=O)=O)s1. The molecule has 4 nitrogen and oxygen atoms in total. The molecule has 0 aromatic carbocycles. The maximum Gasteiger partial charge on any atom is 0.215 e. The summed E-state index contributed by atoms with van der Waals surface area (Å²) in [5, 5.41) is 5.45. The highest BCUT2D eigenvalue weighted by Gasteiger charge is 2.10. The minimum absolute atomic E-state index is 0.162. The van der Waals surface area contributed by atoms with Crippen LogP contribution in [0.3, 0.4) is 0 Å². The maximum absolute atomic E-state index is 10.7. The van der Waals surface area contributed by atoms with Gasteiger partial charge in [-0.2, -0.15) is 0 Å². The van der Waals surface area contributed by atoms with Gasteiger partial charge in [-0.25, -0.2) is 18.5 Å². The second-order valence-electron chi connectivity index (χ2n) is 3.12. The number of nitrogens with two attached hydrogens (primary N) is 1. The Morgan fingerprint density at radius 3 is 2.62 bits per heavy atom. The molecule has 0 fully saturated rings.